The topological polar surface area (TPSA) is 97.3 Å². The molecule has 1 aliphatic heterocycles. The second-order valence-corrected chi connectivity index (χ2v) is 5.12. The van der Waals surface area contributed by atoms with Gasteiger partial charge in [0.1, 0.15) is 0 Å². The largest absolute Gasteiger partial charge is 0.408 e. The second-order valence-electron chi connectivity index (χ2n) is 5.12. The number of nitrogens with one attached hydrogen (secondary N) is 1. The highest BCUT2D eigenvalue weighted by molar-refractivity contribution is 5.90. The molecule has 21 heavy (non-hydrogen) atoms. The number of carbonyl (C=O) groups excluding carboxylic acids is 1. The molecule has 0 fully saturated rings. The lowest BCUT2D eigenvalue weighted by molar-refractivity contribution is -0.117. The standard InChI is InChI=1S/C14H17N5O2/c1-9-17-18-14(21-9)16-13(20)8-19-6-5-11-10(7-19)3-2-4-12(11)15/h2-4H,5-8,15H2,1H3,(H,16,18,20). The van der Waals surface area contributed by atoms with Crippen molar-refractivity contribution in [1.29, 1.82) is 0 Å². The average molecular weight is 287 g/mol. The van der Waals surface area contributed by atoms with Gasteiger partial charge in [-0.15, -0.1) is 5.10 Å². The van der Waals surface area contributed by atoms with E-state index in [1.165, 1.54) is 11.1 Å². The maximum absolute atomic E-state index is 12.0. The molecule has 7 heteroatoms. The Hall–Kier alpha value is -2.41. The Bertz CT molecular complexity index is 667. The smallest absolute Gasteiger partial charge is 0.322 e. The molecule has 0 bridgehead atoms. The fourth-order valence-electron chi connectivity index (χ4n) is 2.54. The van der Waals surface area contributed by atoms with Crippen molar-refractivity contribution in [3.05, 3.63) is 35.2 Å². The number of amides is 1. The molecule has 1 aliphatic rings. The molecule has 2 aromatic rings. The van der Waals surface area contributed by atoms with Crippen molar-refractivity contribution in [1.82, 2.24) is 15.1 Å². The summed E-state index contributed by atoms with van der Waals surface area (Å²) in [5, 5.41) is 10.0. The van der Waals surface area contributed by atoms with Crippen molar-refractivity contribution in [2.45, 2.75) is 19.9 Å². The number of hydrogen-bond acceptors (Lipinski definition) is 6. The zero-order valence-electron chi connectivity index (χ0n) is 11.8. The molecule has 0 saturated carbocycles. The van der Waals surface area contributed by atoms with Crippen LogP contribution in [0, 0.1) is 6.92 Å². The van der Waals surface area contributed by atoms with Crippen LogP contribution in [0.1, 0.15) is 17.0 Å². The Kier molecular flexibility index (Phi) is 3.57. The normalized spacial score (nSPS) is 14.7. The quantitative estimate of drug-likeness (QED) is 0.816. The van der Waals surface area contributed by atoms with Gasteiger partial charge in [0, 0.05) is 25.7 Å². The van der Waals surface area contributed by atoms with Crippen LogP contribution >= 0.6 is 0 Å². The molecule has 0 radical (unpaired) electrons. The molecule has 0 atom stereocenters. The number of hydrogen-bond donors (Lipinski definition) is 2. The van der Waals surface area contributed by atoms with Crippen LogP contribution in [0.3, 0.4) is 0 Å². The third-order valence-electron chi connectivity index (χ3n) is 3.52. The maximum Gasteiger partial charge on any atom is 0.322 e. The van der Waals surface area contributed by atoms with Crippen molar-refractivity contribution < 1.29 is 9.21 Å². The van der Waals surface area contributed by atoms with Crippen molar-refractivity contribution in [2.75, 3.05) is 24.1 Å². The minimum absolute atomic E-state index is 0.138. The third kappa shape index (κ3) is 3.03. The summed E-state index contributed by atoms with van der Waals surface area (Å²) in [5.41, 5.74) is 9.18. The number of nitrogens with zero attached hydrogens (tertiary/aromatic N) is 3. The van der Waals surface area contributed by atoms with E-state index >= 15 is 0 Å². The molecule has 1 amide bonds. The van der Waals surface area contributed by atoms with Gasteiger partial charge in [0.2, 0.25) is 11.8 Å². The molecular weight excluding hydrogens is 270 g/mol. The number of nitrogen functional groups attached to an aromatic ring is 1. The van der Waals surface area contributed by atoms with E-state index in [0.717, 1.165) is 25.2 Å². The van der Waals surface area contributed by atoms with Gasteiger partial charge >= 0.3 is 6.01 Å². The molecule has 0 aliphatic carbocycles. The van der Waals surface area contributed by atoms with Crippen LogP contribution in [0.4, 0.5) is 11.7 Å². The van der Waals surface area contributed by atoms with Gasteiger partial charge in [-0.3, -0.25) is 15.0 Å². The Labute approximate surface area is 122 Å². The van der Waals surface area contributed by atoms with E-state index in [2.05, 4.69) is 26.5 Å². The Morgan fingerprint density at radius 2 is 2.33 bits per heavy atom. The van der Waals surface area contributed by atoms with Crippen LogP contribution in [0.5, 0.6) is 0 Å². The predicted octanol–water partition coefficient (Wildman–Crippen LogP) is 0.957. The zero-order chi connectivity index (χ0) is 14.8. The first-order valence-corrected chi connectivity index (χ1v) is 6.80. The molecule has 0 unspecified atom stereocenters. The summed E-state index contributed by atoms with van der Waals surface area (Å²) in [7, 11) is 0. The number of fused-ring (bicyclic) bond motifs is 1. The zero-order valence-corrected chi connectivity index (χ0v) is 11.8. The molecule has 110 valence electrons. The van der Waals surface area contributed by atoms with Crippen LogP contribution in [0.15, 0.2) is 22.6 Å². The average Bonchev–Trinajstić information content (AvgIpc) is 2.84. The predicted molar refractivity (Wildman–Crippen MR) is 77.5 cm³/mol. The number of carbonyl (C=O) groups is 1. The van der Waals surface area contributed by atoms with Gasteiger partial charge in [-0.1, -0.05) is 17.2 Å². The van der Waals surface area contributed by atoms with E-state index < -0.39 is 0 Å². The first-order valence-electron chi connectivity index (χ1n) is 6.80. The molecule has 0 saturated heterocycles. The fraction of sp³-hybridized carbons (Fsp3) is 0.357. The van der Waals surface area contributed by atoms with Gasteiger partial charge in [0.15, 0.2) is 0 Å². The number of aromatic nitrogens is 2. The molecule has 3 N–H and O–H groups in total. The Balaban J connectivity index is 1.60. The molecule has 2 heterocycles. The van der Waals surface area contributed by atoms with Gasteiger partial charge in [-0.25, -0.2) is 0 Å². The summed E-state index contributed by atoms with van der Waals surface area (Å²) in [5.74, 6) is 0.263. The summed E-state index contributed by atoms with van der Waals surface area (Å²) in [6.45, 7) is 3.48. The first kappa shape index (κ1) is 13.6. The van der Waals surface area contributed by atoms with E-state index in [1.807, 2.05) is 12.1 Å². The van der Waals surface area contributed by atoms with Crippen molar-refractivity contribution in [3.63, 3.8) is 0 Å². The fourth-order valence-corrected chi connectivity index (χ4v) is 2.54. The summed E-state index contributed by atoms with van der Waals surface area (Å²) >= 11 is 0. The van der Waals surface area contributed by atoms with Crippen LogP contribution in [-0.2, 0) is 17.8 Å². The van der Waals surface area contributed by atoms with E-state index in [1.54, 1.807) is 6.92 Å². The van der Waals surface area contributed by atoms with Gasteiger partial charge in [-0.2, -0.15) is 0 Å². The van der Waals surface area contributed by atoms with Crippen molar-refractivity contribution >= 4 is 17.6 Å². The van der Waals surface area contributed by atoms with Crippen LogP contribution < -0.4 is 11.1 Å². The van der Waals surface area contributed by atoms with E-state index in [-0.39, 0.29) is 18.5 Å². The van der Waals surface area contributed by atoms with E-state index in [4.69, 9.17) is 10.2 Å². The monoisotopic (exact) mass is 287 g/mol. The number of aryl methyl sites for hydroxylation is 1. The van der Waals surface area contributed by atoms with Gasteiger partial charge in [0.25, 0.3) is 0 Å². The van der Waals surface area contributed by atoms with Crippen molar-refractivity contribution in [3.8, 4) is 0 Å². The van der Waals surface area contributed by atoms with Crippen LogP contribution in [-0.4, -0.2) is 34.1 Å². The lowest BCUT2D eigenvalue weighted by Crippen LogP contribution is -2.37. The summed E-state index contributed by atoms with van der Waals surface area (Å²) in [6, 6.07) is 6.05. The van der Waals surface area contributed by atoms with E-state index in [0.29, 0.717) is 5.89 Å². The van der Waals surface area contributed by atoms with Gasteiger partial charge < -0.3 is 10.2 Å². The lowest BCUT2D eigenvalue weighted by atomic mass is 9.98. The summed E-state index contributed by atoms with van der Waals surface area (Å²) < 4.78 is 5.13. The Morgan fingerprint density at radius 3 is 3.10 bits per heavy atom. The van der Waals surface area contributed by atoms with Crippen LogP contribution in [0.25, 0.3) is 0 Å². The lowest BCUT2D eigenvalue weighted by Gasteiger charge is -2.28. The number of nitrogens with two attached hydrogens (primary N) is 1. The summed E-state index contributed by atoms with van der Waals surface area (Å²) in [6.07, 6.45) is 0.856. The first-order chi connectivity index (χ1) is 10.1. The second kappa shape index (κ2) is 5.53. The summed E-state index contributed by atoms with van der Waals surface area (Å²) in [4.78, 5) is 14.0. The minimum Gasteiger partial charge on any atom is -0.408 e. The third-order valence-corrected chi connectivity index (χ3v) is 3.52. The van der Waals surface area contributed by atoms with E-state index in [9.17, 15) is 4.79 Å². The molecule has 1 aromatic carbocycles. The van der Waals surface area contributed by atoms with Gasteiger partial charge in [0.05, 0.1) is 6.54 Å². The van der Waals surface area contributed by atoms with Gasteiger partial charge in [-0.05, 0) is 23.6 Å². The molecule has 0 spiro atoms. The number of anilines is 2. The maximum atomic E-state index is 12.0. The van der Waals surface area contributed by atoms with Crippen LogP contribution in [0.2, 0.25) is 0 Å². The molecule has 1 aromatic heterocycles. The number of benzene rings is 1. The SMILES string of the molecule is Cc1nnc(NC(=O)CN2CCc3c(N)cccc3C2)o1. The Morgan fingerprint density at radius 1 is 1.48 bits per heavy atom. The molecule has 3 rings (SSSR count). The minimum atomic E-state index is -0.161. The highest BCUT2D eigenvalue weighted by atomic mass is 16.4. The highest BCUT2D eigenvalue weighted by Crippen LogP contribution is 2.23. The molecular formula is C14H17N5O2. The van der Waals surface area contributed by atoms with Crippen molar-refractivity contribution in [2.24, 2.45) is 0 Å². The number of rotatable bonds is 3. The molecule has 7 nitrogen and oxygen atoms in total. The highest BCUT2D eigenvalue weighted by Gasteiger charge is 2.20.